The number of nitrogens with one attached hydrogen (secondary N) is 2. The molecule has 5 nitrogen and oxygen atoms in total. The minimum absolute atomic E-state index is 0.102. The second kappa shape index (κ2) is 6.45. The minimum Gasteiger partial charge on any atom is -0.397 e. The maximum absolute atomic E-state index is 12.0. The van der Waals surface area contributed by atoms with Crippen LogP contribution in [-0.2, 0) is 10.0 Å². The van der Waals surface area contributed by atoms with Crippen molar-refractivity contribution in [3.05, 3.63) is 18.2 Å². The first-order valence-corrected chi connectivity index (χ1v) is 8.43. The van der Waals surface area contributed by atoms with Gasteiger partial charge in [0.1, 0.15) is 0 Å². The molecule has 0 saturated carbocycles. The highest BCUT2D eigenvalue weighted by Crippen LogP contribution is 2.28. The molecule has 0 aliphatic rings. The molecule has 0 bridgehead atoms. The number of benzene rings is 1. The monoisotopic (exact) mass is 299 g/mol. The SMILES string of the molecule is CCNS(=O)(=O)c1ccc(N)c(NC(C)(CC)CC)c1. The Morgan fingerprint density at radius 1 is 1.20 bits per heavy atom. The predicted octanol–water partition coefficient (Wildman–Crippen LogP) is 2.56. The van der Waals surface area contributed by atoms with Crippen LogP contribution in [0.4, 0.5) is 11.4 Å². The Bertz CT molecular complexity index is 552. The van der Waals surface area contributed by atoms with Gasteiger partial charge < -0.3 is 11.1 Å². The summed E-state index contributed by atoms with van der Waals surface area (Å²) in [5, 5.41) is 3.36. The van der Waals surface area contributed by atoms with Gasteiger partial charge in [0.2, 0.25) is 10.0 Å². The van der Waals surface area contributed by atoms with E-state index < -0.39 is 10.0 Å². The zero-order chi connectivity index (χ0) is 15.4. The van der Waals surface area contributed by atoms with Crippen LogP contribution < -0.4 is 15.8 Å². The van der Waals surface area contributed by atoms with Crippen molar-refractivity contribution >= 4 is 21.4 Å². The average molecular weight is 299 g/mol. The molecule has 0 saturated heterocycles. The maximum atomic E-state index is 12.0. The second-order valence-electron chi connectivity index (χ2n) is 5.14. The molecule has 1 aromatic rings. The van der Waals surface area contributed by atoms with Gasteiger partial charge in [-0.3, -0.25) is 0 Å². The van der Waals surface area contributed by atoms with Crippen LogP contribution >= 0.6 is 0 Å². The number of nitrogens with two attached hydrogens (primary N) is 1. The molecular formula is C14H25N3O2S. The van der Waals surface area contributed by atoms with Crippen molar-refractivity contribution in [3.63, 3.8) is 0 Å². The molecule has 1 aromatic carbocycles. The first-order chi connectivity index (χ1) is 9.28. The molecule has 0 aromatic heterocycles. The van der Waals surface area contributed by atoms with Crippen molar-refractivity contribution in [1.82, 2.24) is 4.72 Å². The van der Waals surface area contributed by atoms with Crippen LogP contribution in [0.5, 0.6) is 0 Å². The topological polar surface area (TPSA) is 84.2 Å². The highest BCUT2D eigenvalue weighted by atomic mass is 32.2. The number of hydrogen-bond donors (Lipinski definition) is 3. The third-order valence-electron chi connectivity index (χ3n) is 3.67. The molecule has 0 atom stereocenters. The molecule has 0 aliphatic carbocycles. The van der Waals surface area contributed by atoms with Crippen molar-refractivity contribution in [2.45, 2.75) is 51.0 Å². The molecule has 1 rings (SSSR count). The third kappa shape index (κ3) is 3.86. The number of hydrogen-bond acceptors (Lipinski definition) is 4. The first kappa shape index (κ1) is 16.8. The summed E-state index contributed by atoms with van der Waals surface area (Å²) >= 11 is 0. The molecule has 4 N–H and O–H groups in total. The van der Waals surface area contributed by atoms with Crippen LogP contribution in [0.15, 0.2) is 23.1 Å². The Balaban J connectivity index is 3.16. The van der Waals surface area contributed by atoms with Crippen LogP contribution in [-0.4, -0.2) is 20.5 Å². The Kier molecular flexibility index (Phi) is 5.42. The van der Waals surface area contributed by atoms with E-state index in [9.17, 15) is 8.42 Å². The fourth-order valence-corrected chi connectivity index (χ4v) is 2.90. The molecule has 0 radical (unpaired) electrons. The number of sulfonamides is 1. The largest absolute Gasteiger partial charge is 0.397 e. The van der Waals surface area contributed by atoms with E-state index in [1.165, 1.54) is 6.07 Å². The highest BCUT2D eigenvalue weighted by Gasteiger charge is 2.21. The maximum Gasteiger partial charge on any atom is 0.240 e. The Labute approximate surface area is 122 Å². The first-order valence-electron chi connectivity index (χ1n) is 6.95. The van der Waals surface area contributed by atoms with Gasteiger partial charge in [-0.15, -0.1) is 0 Å². The van der Waals surface area contributed by atoms with Crippen LogP contribution in [0.2, 0.25) is 0 Å². The fraction of sp³-hybridized carbons (Fsp3) is 0.571. The predicted molar refractivity (Wildman–Crippen MR) is 84.3 cm³/mol. The minimum atomic E-state index is -3.46. The molecule has 6 heteroatoms. The third-order valence-corrected chi connectivity index (χ3v) is 5.21. The summed E-state index contributed by atoms with van der Waals surface area (Å²) in [5.41, 5.74) is 7.05. The molecule has 0 amide bonds. The van der Waals surface area contributed by atoms with Gasteiger partial charge in [-0.05, 0) is 38.0 Å². The molecule has 0 unspecified atom stereocenters. The summed E-state index contributed by atoms with van der Waals surface area (Å²) in [4.78, 5) is 0.227. The van der Waals surface area contributed by atoms with E-state index >= 15 is 0 Å². The normalized spacial score (nSPS) is 12.4. The molecule has 20 heavy (non-hydrogen) atoms. The van der Waals surface area contributed by atoms with E-state index in [0.29, 0.717) is 17.9 Å². The fourth-order valence-electron chi connectivity index (χ4n) is 1.84. The van der Waals surface area contributed by atoms with Gasteiger partial charge in [0.05, 0.1) is 16.3 Å². The standard InChI is InChI=1S/C14H25N3O2S/c1-5-14(4,6-2)17-13-10-11(8-9-12(13)15)20(18,19)16-7-3/h8-10,16-17H,5-7,15H2,1-4H3. The van der Waals surface area contributed by atoms with Gasteiger partial charge in [-0.25, -0.2) is 13.1 Å². The molecule has 0 heterocycles. The van der Waals surface area contributed by atoms with Crippen LogP contribution in [0, 0.1) is 0 Å². The van der Waals surface area contributed by atoms with Crippen LogP contribution in [0.3, 0.4) is 0 Å². The van der Waals surface area contributed by atoms with E-state index in [1.807, 2.05) is 0 Å². The zero-order valence-electron chi connectivity index (χ0n) is 12.7. The summed E-state index contributed by atoms with van der Waals surface area (Å²) in [5.74, 6) is 0. The lowest BCUT2D eigenvalue weighted by molar-refractivity contribution is 0.478. The molecule has 114 valence electrons. The summed E-state index contributed by atoms with van der Waals surface area (Å²) in [7, 11) is -3.46. The van der Waals surface area contributed by atoms with Crippen molar-refractivity contribution < 1.29 is 8.42 Å². The van der Waals surface area contributed by atoms with Gasteiger partial charge in [-0.1, -0.05) is 20.8 Å². The molecule has 0 aliphatic heterocycles. The van der Waals surface area contributed by atoms with E-state index in [-0.39, 0.29) is 10.4 Å². The smallest absolute Gasteiger partial charge is 0.240 e. The van der Waals surface area contributed by atoms with Crippen molar-refractivity contribution in [2.75, 3.05) is 17.6 Å². The van der Waals surface area contributed by atoms with Gasteiger partial charge >= 0.3 is 0 Å². The summed E-state index contributed by atoms with van der Waals surface area (Å²) in [6, 6.07) is 4.74. The van der Waals surface area contributed by atoms with Gasteiger partial charge in [0.25, 0.3) is 0 Å². The van der Waals surface area contributed by atoms with Crippen LogP contribution in [0.1, 0.15) is 40.5 Å². The van der Waals surface area contributed by atoms with Crippen molar-refractivity contribution in [1.29, 1.82) is 0 Å². The lowest BCUT2D eigenvalue weighted by Gasteiger charge is -2.30. The quantitative estimate of drug-likeness (QED) is 0.676. The van der Waals surface area contributed by atoms with Gasteiger partial charge in [-0.2, -0.15) is 0 Å². The van der Waals surface area contributed by atoms with Crippen molar-refractivity contribution in [2.24, 2.45) is 0 Å². The molecular weight excluding hydrogens is 274 g/mol. The van der Waals surface area contributed by atoms with Gasteiger partial charge in [0.15, 0.2) is 0 Å². The van der Waals surface area contributed by atoms with E-state index in [1.54, 1.807) is 19.1 Å². The summed E-state index contributed by atoms with van der Waals surface area (Å²) in [6.45, 7) is 8.38. The molecule has 0 spiro atoms. The lowest BCUT2D eigenvalue weighted by Crippen LogP contribution is -2.33. The summed E-state index contributed by atoms with van der Waals surface area (Å²) in [6.07, 6.45) is 1.85. The molecule has 0 fully saturated rings. The number of nitrogen functional groups attached to an aromatic ring is 1. The van der Waals surface area contributed by atoms with E-state index in [2.05, 4.69) is 30.8 Å². The Hall–Kier alpha value is -1.27. The number of rotatable bonds is 7. The highest BCUT2D eigenvalue weighted by molar-refractivity contribution is 7.89. The Morgan fingerprint density at radius 3 is 2.30 bits per heavy atom. The van der Waals surface area contributed by atoms with Gasteiger partial charge in [0, 0.05) is 12.1 Å². The lowest BCUT2D eigenvalue weighted by atomic mass is 9.95. The summed E-state index contributed by atoms with van der Waals surface area (Å²) < 4.78 is 26.5. The Morgan fingerprint density at radius 2 is 1.80 bits per heavy atom. The second-order valence-corrected chi connectivity index (χ2v) is 6.91. The van der Waals surface area contributed by atoms with Crippen molar-refractivity contribution in [3.8, 4) is 0 Å². The number of anilines is 2. The van der Waals surface area contributed by atoms with Crippen LogP contribution in [0.25, 0.3) is 0 Å². The average Bonchev–Trinajstić information content (AvgIpc) is 2.41. The van der Waals surface area contributed by atoms with E-state index in [4.69, 9.17) is 5.73 Å². The zero-order valence-corrected chi connectivity index (χ0v) is 13.5. The van der Waals surface area contributed by atoms with E-state index in [0.717, 1.165) is 12.8 Å².